The van der Waals surface area contributed by atoms with Gasteiger partial charge < -0.3 is 15.4 Å². The van der Waals surface area contributed by atoms with Gasteiger partial charge in [-0.2, -0.15) is 0 Å². The zero-order valence-corrected chi connectivity index (χ0v) is 19.5. The molecular formula is C23H22ClN3O5S. The van der Waals surface area contributed by atoms with Crippen molar-refractivity contribution in [3.05, 3.63) is 82.9 Å². The van der Waals surface area contributed by atoms with Crippen LogP contribution in [0.1, 0.15) is 15.9 Å². The quantitative estimate of drug-likeness (QED) is 0.447. The van der Waals surface area contributed by atoms with E-state index in [1.165, 1.54) is 37.4 Å². The van der Waals surface area contributed by atoms with E-state index < -0.39 is 21.8 Å². The monoisotopic (exact) mass is 487 g/mol. The zero-order valence-electron chi connectivity index (χ0n) is 17.9. The van der Waals surface area contributed by atoms with Crippen LogP contribution >= 0.6 is 11.6 Å². The highest BCUT2D eigenvalue weighted by Gasteiger charge is 2.20. The molecule has 8 nitrogen and oxygen atoms in total. The summed E-state index contributed by atoms with van der Waals surface area (Å²) in [5, 5.41) is 5.37. The fourth-order valence-corrected chi connectivity index (χ4v) is 4.12. The minimum absolute atomic E-state index is 0.00576. The van der Waals surface area contributed by atoms with E-state index in [1.807, 2.05) is 6.92 Å². The number of nitrogens with one attached hydrogen (secondary N) is 3. The number of rotatable bonds is 8. The number of anilines is 2. The third-order valence-electron chi connectivity index (χ3n) is 4.56. The number of amides is 2. The van der Waals surface area contributed by atoms with Gasteiger partial charge in [0.25, 0.3) is 15.9 Å². The molecule has 10 heteroatoms. The normalized spacial score (nSPS) is 10.9. The van der Waals surface area contributed by atoms with Gasteiger partial charge in [0.05, 0.1) is 29.8 Å². The molecule has 33 heavy (non-hydrogen) atoms. The lowest BCUT2D eigenvalue weighted by Gasteiger charge is -2.14. The molecule has 0 heterocycles. The van der Waals surface area contributed by atoms with Crippen molar-refractivity contribution in [2.45, 2.75) is 11.8 Å². The Hall–Kier alpha value is -3.56. The first kappa shape index (κ1) is 24.1. The number of halogens is 1. The highest BCUT2D eigenvalue weighted by atomic mass is 35.5. The summed E-state index contributed by atoms with van der Waals surface area (Å²) in [4.78, 5) is 25.0. The number of hydrogen-bond donors (Lipinski definition) is 3. The van der Waals surface area contributed by atoms with Gasteiger partial charge in [-0.15, -0.1) is 0 Å². The first-order valence-corrected chi connectivity index (χ1v) is 11.7. The fraction of sp³-hybridized carbons (Fsp3) is 0.130. The molecule has 0 bridgehead atoms. The molecule has 0 fully saturated rings. The Morgan fingerprint density at radius 3 is 2.42 bits per heavy atom. The smallest absolute Gasteiger partial charge is 0.261 e. The van der Waals surface area contributed by atoms with E-state index in [4.69, 9.17) is 16.3 Å². The lowest BCUT2D eigenvalue weighted by Crippen LogP contribution is -2.33. The molecule has 2 amide bonds. The summed E-state index contributed by atoms with van der Waals surface area (Å²) in [5.41, 5.74) is 1.42. The van der Waals surface area contributed by atoms with Gasteiger partial charge in [0.2, 0.25) is 5.91 Å². The standard InChI is InChI=1S/C23H22ClN3O5S/c1-15-6-9-19(10-7-15)33(30,31)27-21-12-16(24)8-11-20(21)23(29)25-14-22(28)26-17-4-3-5-18(13-17)32-2/h3-13,27H,14H2,1-2H3,(H,25,29)(H,26,28). The molecule has 0 aliphatic carbocycles. The van der Waals surface area contributed by atoms with Crippen LogP contribution in [0.25, 0.3) is 0 Å². The van der Waals surface area contributed by atoms with Crippen LogP contribution in [0.3, 0.4) is 0 Å². The van der Waals surface area contributed by atoms with E-state index in [0.29, 0.717) is 11.4 Å². The zero-order chi connectivity index (χ0) is 24.0. The molecule has 172 valence electrons. The summed E-state index contributed by atoms with van der Waals surface area (Å²) in [6.45, 7) is 1.51. The van der Waals surface area contributed by atoms with Crippen molar-refractivity contribution in [2.75, 3.05) is 23.7 Å². The molecule has 0 atom stereocenters. The van der Waals surface area contributed by atoms with E-state index >= 15 is 0 Å². The summed E-state index contributed by atoms with van der Waals surface area (Å²) >= 11 is 6.02. The van der Waals surface area contributed by atoms with Gasteiger partial charge in [0, 0.05) is 16.8 Å². The summed E-state index contributed by atoms with van der Waals surface area (Å²) in [5.74, 6) is -0.537. The minimum atomic E-state index is -3.96. The van der Waals surface area contributed by atoms with Crippen LogP contribution in [0.4, 0.5) is 11.4 Å². The highest BCUT2D eigenvalue weighted by Crippen LogP contribution is 2.24. The lowest BCUT2D eigenvalue weighted by molar-refractivity contribution is -0.115. The summed E-state index contributed by atoms with van der Waals surface area (Å²) in [7, 11) is -2.45. The van der Waals surface area contributed by atoms with Crippen LogP contribution in [0, 0.1) is 6.92 Å². The maximum Gasteiger partial charge on any atom is 0.261 e. The topological polar surface area (TPSA) is 114 Å². The number of benzene rings is 3. The number of ether oxygens (including phenoxy) is 1. The van der Waals surface area contributed by atoms with E-state index in [-0.39, 0.29) is 27.7 Å². The third kappa shape index (κ3) is 6.47. The molecule has 0 spiro atoms. The fourth-order valence-electron chi connectivity index (χ4n) is 2.88. The molecule has 3 aromatic carbocycles. The number of methoxy groups -OCH3 is 1. The average molecular weight is 488 g/mol. The molecule has 3 aromatic rings. The number of aryl methyl sites for hydroxylation is 1. The molecular weight excluding hydrogens is 466 g/mol. The van der Waals surface area contributed by atoms with Crippen molar-refractivity contribution in [1.29, 1.82) is 0 Å². The maximum absolute atomic E-state index is 12.8. The van der Waals surface area contributed by atoms with Gasteiger partial charge in [-0.25, -0.2) is 8.42 Å². The van der Waals surface area contributed by atoms with Gasteiger partial charge in [-0.1, -0.05) is 35.4 Å². The Balaban J connectivity index is 1.71. The Labute approximate surface area is 197 Å². The molecule has 0 aliphatic rings. The van der Waals surface area contributed by atoms with Crippen LogP contribution in [0.15, 0.2) is 71.6 Å². The van der Waals surface area contributed by atoms with Gasteiger partial charge in [0.1, 0.15) is 5.75 Å². The van der Waals surface area contributed by atoms with E-state index in [0.717, 1.165) is 5.56 Å². The molecule has 3 N–H and O–H groups in total. The minimum Gasteiger partial charge on any atom is -0.497 e. The van der Waals surface area contributed by atoms with Crippen LogP contribution in [0.5, 0.6) is 5.75 Å². The number of carbonyl (C=O) groups excluding carboxylic acids is 2. The van der Waals surface area contributed by atoms with Gasteiger partial charge >= 0.3 is 0 Å². The summed E-state index contributed by atoms with van der Waals surface area (Å²) in [6, 6.07) is 17.2. The number of carbonyl (C=O) groups is 2. The largest absolute Gasteiger partial charge is 0.497 e. The van der Waals surface area contributed by atoms with Gasteiger partial charge in [-0.3, -0.25) is 14.3 Å². The van der Waals surface area contributed by atoms with Gasteiger partial charge in [0.15, 0.2) is 0 Å². The Kier molecular flexibility index (Phi) is 7.57. The summed E-state index contributed by atoms with van der Waals surface area (Å²) < 4.78 is 33.0. The van der Waals surface area contributed by atoms with Crippen LogP contribution in [-0.2, 0) is 14.8 Å². The van der Waals surface area contributed by atoms with Crippen LogP contribution in [-0.4, -0.2) is 33.9 Å². The second-order valence-electron chi connectivity index (χ2n) is 7.07. The molecule has 0 aromatic heterocycles. The molecule has 0 aliphatic heterocycles. The third-order valence-corrected chi connectivity index (χ3v) is 6.18. The Morgan fingerprint density at radius 2 is 1.73 bits per heavy atom. The number of sulfonamides is 1. The van der Waals surface area contributed by atoms with Gasteiger partial charge in [-0.05, 0) is 49.4 Å². The molecule has 0 unspecified atom stereocenters. The van der Waals surface area contributed by atoms with Crippen molar-refractivity contribution < 1.29 is 22.7 Å². The van der Waals surface area contributed by atoms with Crippen LogP contribution < -0.4 is 20.1 Å². The molecule has 3 rings (SSSR count). The van der Waals surface area contributed by atoms with Crippen molar-refractivity contribution in [3.8, 4) is 5.75 Å². The van der Waals surface area contributed by atoms with E-state index in [9.17, 15) is 18.0 Å². The van der Waals surface area contributed by atoms with E-state index in [2.05, 4.69) is 15.4 Å². The molecule has 0 radical (unpaired) electrons. The Morgan fingerprint density at radius 1 is 1.00 bits per heavy atom. The summed E-state index contributed by atoms with van der Waals surface area (Å²) in [6.07, 6.45) is 0. The number of hydrogen-bond acceptors (Lipinski definition) is 5. The maximum atomic E-state index is 12.8. The molecule has 0 saturated heterocycles. The second-order valence-corrected chi connectivity index (χ2v) is 9.19. The van der Waals surface area contributed by atoms with Crippen molar-refractivity contribution >= 4 is 44.8 Å². The predicted octanol–water partition coefficient (Wildman–Crippen LogP) is 3.83. The van der Waals surface area contributed by atoms with E-state index in [1.54, 1.807) is 36.4 Å². The predicted molar refractivity (Wildman–Crippen MR) is 127 cm³/mol. The highest BCUT2D eigenvalue weighted by molar-refractivity contribution is 7.92. The SMILES string of the molecule is COc1cccc(NC(=O)CNC(=O)c2ccc(Cl)cc2NS(=O)(=O)c2ccc(C)cc2)c1. The first-order valence-electron chi connectivity index (χ1n) is 9.79. The average Bonchev–Trinajstić information content (AvgIpc) is 2.77. The Bertz CT molecular complexity index is 1280. The van der Waals surface area contributed by atoms with Crippen LogP contribution in [0.2, 0.25) is 5.02 Å². The van der Waals surface area contributed by atoms with Crippen molar-refractivity contribution in [3.63, 3.8) is 0 Å². The molecule has 0 saturated carbocycles. The van der Waals surface area contributed by atoms with Crippen molar-refractivity contribution in [1.82, 2.24) is 5.32 Å². The van der Waals surface area contributed by atoms with Crippen molar-refractivity contribution in [2.24, 2.45) is 0 Å². The lowest BCUT2D eigenvalue weighted by atomic mass is 10.1. The first-order chi connectivity index (χ1) is 15.7. The second kappa shape index (κ2) is 10.4.